The standard InChI is InChI=1S/C18H19Cl2NO3S/c1-23-15-4-3-5-16(24-2)17(15)18(22)21-8-9-25-11-12-6-7-13(19)10-14(12)20/h3-7,10H,8-9,11H2,1-2H3,(H,21,22). The minimum atomic E-state index is -0.223. The molecule has 0 aliphatic carbocycles. The molecule has 2 aromatic carbocycles. The van der Waals surface area contributed by atoms with Crippen molar-refractivity contribution in [2.24, 2.45) is 0 Å². The fourth-order valence-corrected chi connectivity index (χ4v) is 3.64. The van der Waals surface area contributed by atoms with Crippen LogP contribution in [0.4, 0.5) is 0 Å². The van der Waals surface area contributed by atoms with Gasteiger partial charge in [-0.2, -0.15) is 11.8 Å². The van der Waals surface area contributed by atoms with Gasteiger partial charge in [0.05, 0.1) is 14.2 Å². The number of halogens is 2. The fraction of sp³-hybridized carbons (Fsp3) is 0.278. The van der Waals surface area contributed by atoms with E-state index in [1.807, 2.05) is 12.1 Å². The fourth-order valence-electron chi connectivity index (χ4n) is 2.22. The van der Waals surface area contributed by atoms with Gasteiger partial charge < -0.3 is 14.8 Å². The highest BCUT2D eigenvalue weighted by Crippen LogP contribution is 2.28. The first-order valence-corrected chi connectivity index (χ1v) is 9.48. The van der Waals surface area contributed by atoms with Crippen LogP contribution >= 0.6 is 35.0 Å². The van der Waals surface area contributed by atoms with Gasteiger partial charge in [-0.15, -0.1) is 0 Å². The summed E-state index contributed by atoms with van der Waals surface area (Å²) in [5.41, 5.74) is 1.42. The summed E-state index contributed by atoms with van der Waals surface area (Å²) in [5, 5.41) is 4.16. The van der Waals surface area contributed by atoms with Gasteiger partial charge >= 0.3 is 0 Å². The van der Waals surface area contributed by atoms with Crippen LogP contribution in [0.1, 0.15) is 15.9 Å². The van der Waals surface area contributed by atoms with E-state index in [9.17, 15) is 4.79 Å². The largest absolute Gasteiger partial charge is 0.496 e. The summed E-state index contributed by atoms with van der Waals surface area (Å²) in [5.74, 6) is 2.25. The molecule has 0 aliphatic rings. The summed E-state index contributed by atoms with van der Waals surface area (Å²) in [6, 6.07) is 10.7. The zero-order valence-corrected chi connectivity index (χ0v) is 16.3. The van der Waals surface area contributed by atoms with Crippen LogP contribution in [-0.4, -0.2) is 32.4 Å². The summed E-state index contributed by atoms with van der Waals surface area (Å²) >= 11 is 13.7. The molecule has 0 bridgehead atoms. The van der Waals surface area contributed by atoms with Crippen LogP contribution in [0, 0.1) is 0 Å². The van der Waals surface area contributed by atoms with Gasteiger partial charge in [-0.3, -0.25) is 4.79 Å². The number of methoxy groups -OCH3 is 2. The van der Waals surface area contributed by atoms with Gasteiger partial charge in [-0.1, -0.05) is 35.3 Å². The second-order valence-electron chi connectivity index (χ2n) is 5.08. The summed E-state index contributed by atoms with van der Waals surface area (Å²) in [6.45, 7) is 0.524. The Balaban J connectivity index is 1.85. The molecule has 0 unspecified atom stereocenters. The Bertz CT molecular complexity index is 718. The van der Waals surface area contributed by atoms with Gasteiger partial charge in [0.25, 0.3) is 5.91 Å². The molecule has 0 spiro atoms. The molecule has 0 heterocycles. The maximum absolute atomic E-state index is 12.4. The number of hydrogen-bond acceptors (Lipinski definition) is 4. The predicted molar refractivity (Wildman–Crippen MR) is 105 cm³/mol. The van der Waals surface area contributed by atoms with E-state index in [2.05, 4.69) is 5.32 Å². The zero-order valence-electron chi connectivity index (χ0n) is 14.0. The number of amides is 1. The van der Waals surface area contributed by atoms with Crippen molar-refractivity contribution in [1.29, 1.82) is 0 Å². The van der Waals surface area contributed by atoms with E-state index < -0.39 is 0 Å². The molecule has 0 aromatic heterocycles. The van der Waals surface area contributed by atoms with Gasteiger partial charge in [-0.25, -0.2) is 0 Å². The van der Waals surface area contributed by atoms with Gasteiger partial charge in [0.15, 0.2) is 0 Å². The smallest absolute Gasteiger partial charge is 0.258 e. The van der Waals surface area contributed by atoms with Crippen LogP contribution in [0.5, 0.6) is 11.5 Å². The Morgan fingerprint density at radius 3 is 2.40 bits per heavy atom. The first-order chi connectivity index (χ1) is 12.1. The molecule has 134 valence electrons. The van der Waals surface area contributed by atoms with E-state index in [4.69, 9.17) is 32.7 Å². The molecule has 2 aromatic rings. The average Bonchev–Trinajstić information content (AvgIpc) is 2.62. The Morgan fingerprint density at radius 1 is 1.12 bits per heavy atom. The molecule has 0 radical (unpaired) electrons. The quantitative estimate of drug-likeness (QED) is 0.654. The van der Waals surface area contributed by atoms with E-state index in [1.165, 1.54) is 14.2 Å². The van der Waals surface area contributed by atoms with Gasteiger partial charge in [-0.05, 0) is 29.8 Å². The molecule has 0 aliphatic heterocycles. The molecule has 0 saturated carbocycles. The van der Waals surface area contributed by atoms with Crippen molar-refractivity contribution in [3.05, 3.63) is 57.6 Å². The first-order valence-electron chi connectivity index (χ1n) is 7.57. The number of carbonyl (C=O) groups is 1. The lowest BCUT2D eigenvalue weighted by Crippen LogP contribution is -2.26. The van der Waals surface area contributed by atoms with Crippen molar-refractivity contribution in [2.45, 2.75) is 5.75 Å². The Morgan fingerprint density at radius 2 is 1.80 bits per heavy atom. The van der Waals surface area contributed by atoms with Crippen molar-refractivity contribution in [1.82, 2.24) is 5.32 Å². The summed E-state index contributed by atoms with van der Waals surface area (Å²) in [4.78, 5) is 12.4. The lowest BCUT2D eigenvalue weighted by atomic mass is 10.1. The maximum Gasteiger partial charge on any atom is 0.258 e. The summed E-state index contributed by atoms with van der Waals surface area (Å²) < 4.78 is 10.5. The highest BCUT2D eigenvalue weighted by molar-refractivity contribution is 7.98. The van der Waals surface area contributed by atoms with Crippen LogP contribution in [0.3, 0.4) is 0 Å². The van der Waals surface area contributed by atoms with E-state index in [1.54, 1.807) is 36.0 Å². The minimum Gasteiger partial charge on any atom is -0.496 e. The van der Waals surface area contributed by atoms with Crippen molar-refractivity contribution in [3.63, 3.8) is 0 Å². The van der Waals surface area contributed by atoms with Crippen molar-refractivity contribution in [3.8, 4) is 11.5 Å². The molecular weight excluding hydrogens is 381 g/mol. The van der Waals surface area contributed by atoms with Crippen molar-refractivity contribution in [2.75, 3.05) is 26.5 Å². The third-order valence-corrected chi connectivity index (χ3v) is 5.05. The topological polar surface area (TPSA) is 47.6 Å². The predicted octanol–water partition coefficient (Wildman–Crippen LogP) is 4.67. The highest BCUT2D eigenvalue weighted by atomic mass is 35.5. The highest BCUT2D eigenvalue weighted by Gasteiger charge is 2.17. The number of rotatable bonds is 8. The normalized spacial score (nSPS) is 10.4. The van der Waals surface area contributed by atoms with Crippen LogP contribution in [0.25, 0.3) is 0 Å². The number of benzene rings is 2. The van der Waals surface area contributed by atoms with Crippen molar-refractivity contribution < 1.29 is 14.3 Å². The average molecular weight is 400 g/mol. The van der Waals surface area contributed by atoms with Gasteiger partial charge in [0, 0.05) is 28.1 Å². The van der Waals surface area contributed by atoms with Gasteiger partial charge in [0.2, 0.25) is 0 Å². The minimum absolute atomic E-state index is 0.223. The SMILES string of the molecule is COc1cccc(OC)c1C(=O)NCCSCc1ccc(Cl)cc1Cl. The van der Waals surface area contributed by atoms with Crippen LogP contribution in [0.15, 0.2) is 36.4 Å². The van der Waals surface area contributed by atoms with Crippen molar-refractivity contribution >= 4 is 40.9 Å². The number of hydrogen-bond donors (Lipinski definition) is 1. The Hall–Kier alpha value is -1.56. The van der Waals surface area contributed by atoms with E-state index in [0.29, 0.717) is 33.7 Å². The number of thioether (sulfide) groups is 1. The van der Waals surface area contributed by atoms with E-state index in [-0.39, 0.29) is 5.91 Å². The third-order valence-electron chi connectivity index (χ3n) is 3.46. The maximum atomic E-state index is 12.4. The van der Waals surface area contributed by atoms with E-state index >= 15 is 0 Å². The molecule has 25 heavy (non-hydrogen) atoms. The molecule has 7 heteroatoms. The Labute approximate surface area is 161 Å². The second kappa shape index (κ2) is 9.80. The molecule has 1 N–H and O–H groups in total. The molecule has 4 nitrogen and oxygen atoms in total. The molecule has 0 atom stereocenters. The first kappa shape index (κ1) is 19.8. The van der Waals surface area contributed by atoms with Gasteiger partial charge in [0.1, 0.15) is 17.1 Å². The second-order valence-corrected chi connectivity index (χ2v) is 7.03. The van der Waals surface area contributed by atoms with Crippen LogP contribution in [-0.2, 0) is 5.75 Å². The lowest BCUT2D eigenvalue weighted by molar-refractivity contribution is 0.0950. The summed E-state index contributed by atoms with van der Waals surface area (Å²) in [7, 11) is 3.05. The molecule has 2 rings (SSSR count). The zero-order chi connectivity index (χ0) is 18.2. The Kier molecular flexibility index (Phi) is 7.75. The van der Waals surface area contributed by atoms with Crippen LogP contribution in [0.2, 0.25) is 10.0 Å². The monoisotopic (exact) mass is 399 g/mol. The molecular formula is C18H19Cl2NO3S. The van der Waals surface area contributed by atoms with Crippen LogP contribution < -0.4 is 14.8 Å². The third kappa shape index (κ3) is 5.46. The lowest BCUT2D eigenvalue weighted by Gasteiger charge is -2.13. The molecule has 0 fully saturated rings. The number of carbonyl (C=O) groups excluding carboxylic acids is 1. The summed E-state index contributed by atoms with van der Waals surface area (Å²) in [6.07, 6.45) is 0. The number of ether oxygens (including phenoxy) is 2. The molecule has 1 amide bonds. The number of nitrogens with one attached hydrogen (secondary N) is 1. The van der Waals surface area contributed by atoms with E-state index in [0.717, 1.165) is 17.1 Å². The molecule has 0 saturated heterocycles.